The van der Waals surface area contributed by atoms with E-state index in [1.165, 1.54) is 60.8 Å². The standard InChI is InChI=1S/2C23H32Si.C19H30Si.2C17H26Si.18CH3.2ClH.Hf.4Zr/c2*1-8-11-19-14-22(21-13-10-9-12-20(19)21)24(6,7)23-17(4)15(2)16(3)18(23)5;1-8-9-17-10-11-18(12-17)20(6,7)19-15(4)13(2)14(3)16(19)5;2*1-11-8-9-16(10-11)18(6,7)17-14(4)12(2)13(3)15(17)5;;;;;;;;;;;;;;;;;;;;;;;;;/h2*9-10,12-14,22-23H,8,11H2,1-7H3;10-12,18-19H,8-9H2,1-7H3;2*8-10,16-17H,1-7H3;18*1H3;2*1H;;;;;/q;;;;;18*-1;;;5*+4/p-2. The minimum Gasteiger partial charge on any atom is 4.00 e. The molecule has 0 saturated heterocycles. The van der Waals surface area contributed by atoms with Gasteiger partial charge in [-0.2, -0.15) is 0 Å². The van der Waals surface area contributed by atoms with Gasteiger partial charge >= 0.3 is 142 Å². The predicted octanol–water partition coefficient (Wildman–Crippen LogP) is 41.7. The number of allylic oxidation sites excluding steroid dienone is 36. The van der Waals surface area contributed by atoms with Gasteiger partial charge in [-0.05, 0) is 316 Å². The smallest absolute Gasteiger partial charge is 4.00 e. The minimum atomic E-state index is -1.56. The van der Waals surface area contributed by atoms with Crippen LogP contribution in [0, 0.1) is 134 Å². The first kappa shape index (κ1) is 165. The molecule has 0 N–H and O–H groups in total. The molecular formula is C117H200Cl2HfSi5Zr4. The summed E-state index contributed by atoms with van der Waals surface area (Å²) in [6.45, 7) is 83.9. The molecule has 2 aromatic carbocycles. The van der Waals surface area contributed by atoms with Crippen LogP contribution in [0.3, 0.4) is 0 Å². The summed E-state index contributed by atoms with van der Waals surface area (Å²) in [4.78, 5) is 0. The number of halogens is 2. The fourth-order valence-corrected chi connectivity index (χ4v) is 44.4. The largest absolute Gasteiger partial charge is 4.00 e. The summed E-state index contributed by atoms with van der Waals surface area (Å²) in [7, 11) is 2.61. The van der Waals surface area contributed by atoms with E-state index in [2.05, 4.69) is 354 Å². The molecule has 0 spiro atoms. The summed E-state index contributed by atoms with van der Waals surface area (Å²) in [6, 6.07) is 18.3. The molecule has 0 bridgehead atoms. The molecule has 10 aliphatic rings. The third kappa shape index (κ3) is 34.6. The zero-order chi connectivity index (χ0) is 80.4. The van der Waals surface area contributed by atoms with Crippen molar-refractivity contribution < 1.29 is 125 Å². The van der Waals surface area contributed by atoms with Gasteiger partial charge in [0.2, 0.25) is 0 Å². The number of hydrogen-bond acceptors (Lipinski definition) is 0. The molecule has 0 aromatic heterocycles. The summed E-state index contributed by atoms with van der Waals surface area (Å²) in [5, 5.41) is 0. The monoisotopic (exact) mass is 2350 g/mol. The Kier molecular flexibility index (Phi) is 88.2. The molecule has 0 nitrogen and oxygen atoms in total. The Bertz CT molecular complexity index is 4030. The molecular weight excluding hydrogens is 2160 g/mol. The maximum absolute atomic E-state index is 4.93. The molecule has 0 radical (unpaired) electrons. The Balaban J connectivity index is -0.0000000844. The number of rotatable bonds is 16. The van der Waals surface area contributed by atoms with Crippen LogP contribution in [0.15, 0.2) is 244 Å². The van der Waals surface area contributed by atoms with Crippen LogP contribution in [0.4, 0.5) is 0 Å². The maximum Gasteiger partial charge on any atom is 4.00 e. The van der Waals surface area contributed by atoms with Crippen molar-refractivity contribution in [2.75, 3.05) is 0 Å². The van der Waals surface area contributed by atoms with E-state index in [-0.39, 0.29) is 238 Å². The third-order valence-corrected chi connectivity index (χ3v) is 51.6. The second-order valence-electron chi connectivity index (χ2n) is 37.4. The molecule has 5 unspecified atom stereocenters. The van der Waals surface area contributed by atoms with Crippen LogP contribution < -0.4 is 0 Å². The Morgan fingerprint density at radius 2 is 0.450 bits per heavy atom. The first-order valence-corrected chi connectivity index (χ1v) is 63.4. The Morgan fingerprint density at radius 3 is 0.643 bits per heavy atom. The molecule has 0 heterocycles. The van der Waals surface area contributed by atoms with Crippen LogP contribution in [-0.2, 0) is 125 Å². The minimum absolute atomic E-state index is 0. The summed E-state index contributed by atoms with van der Waals surface area (Å²) >= 11 is -0.826. The van der Waals surface area contributed by atoms with Crippen molar-refractivity contribution >= 4 is 68.5 Å². The zero-order valence-electron chi connectivity index (χ0n) is 94.2. The van der Waals surface area contributed by atoms with E-state index in [1.807, 2.05) is 0 Å². The topological polar surface area (TPSA) is 0 Å². The fourth-order valence-electron chi connectivity index (χ4n) is 22.1. The Labute approximate surface area is 914 Å². The van der Waals surface area contributed by atoms with Crippen LogP contribution in [0.5, 0.6) is 0 Å². The first-order valence-electron chi connectivity index (χ1n) is 41.3. The van der Waals surface area contributed by atoms with E-state index < -0.39 is 61.2 Å². The number of hydrogen-bond donors (Lipinski definition) is 0. The van der Waals surface area contributed by atoms with Crippen molar-refractivity contribution in [1.29, 1.82) is 0 Å². The van der Waals surface area contributed by atoms with Crippen LogP contribution in [0.1, 0.15) is 245 Å². The molecule has 2 aromatic rings. The second kappa shape index (κ2) is 68.8. The van der Waals surface area contributed by atoms with Crippen molar-refractivity contribution in [1.82, 2.24) is 0 Å². The van der Waals surface area contributed by atoms with Crippen LogP contribution in [0.25, 0.3) is 11.1 Å². The van der Waals surface area contributed by atoms with Gasteiger partial charge in [-0.15, -0.1) is 0 Å². The van der Waals surface area contributed by atoms with Crippen molar-refractivity contribution in [3.8, 4) is 0 Å². The Hall–Kier alpha value is -0.173. The van der Waals surface area contributed by atoms with Gasteiger partial charge in [-0.25, -0.2) is 0 Å². The van der Waals surface area contributed by atoms with Crippen LogP contribution in [0.2, 0.25) is 110 Å². The van der Waals surface area contributed by atoms with Gasteiger partial charge in [0.1, 0.15) is 0 Å². The molecule has 0 amide bonds. The van der Waals surface area contributed by atoms with Crippen molar-refractivity contribution in [2.24, 2.45) is 0 Å². The molecule has 0 aliphatic heterocycles. The summed E-state index contributed by atoms with van der Waals surface area (Å²) in [5.41, 5.74) is 52.6. The number of benzene rings is 2. The van der Waals surface area contributed by atoms with Gasteiger partial charge in [0.15, 0.2) is 0 Å². The van der Waals surface area contributed by atoms with E-state index in [1.54, 1.807) is 139 Å². The molecule has 0 fully saturated rings. The van der Waals surface area contributed by atoms with E-state index in [0.717, 1.165) is 16.6 Å². The van der Waals surface area contributed by atoms with Gasteiger partial charge in [0.05, 0.1) is 40.4 Å². The Morgan fingerprint density at radius 1 is 0.264 bits per heavy atom. The molecule has 5 atom stereocenters. The summed E-state index contributed by atoms with van der Waals surface area (Å²) in [6.07, 6.45) is 34.5. The molecule has 0 saturated carbocycles. The average molecular weight is 2360 g/mol. The van der Waals surface area contributed by atoms with Crippen LogP contribution in [-0.4, -0.2) is 40.4 Å². The molecule has 129 heavy (non-hydrogen) atoms. The molecule has 722 valence electrons. The van der Waals surface area contributed by atoms with Crippen molar-refractivity contribution in [3.05, 3.63) is 399 Å². The van der Waals surface area contributed by atoms with Gasteiger partial charge in [0, 0.05) is 0 Å². The van der Waals surface area contributed by atoms with E-state index in [9.17, 15) is 0 Å². The van der Waals surface area contributed by atoms with Crippen molar-refractivity contribution in [2.45, 2.75) is 333 Å². The molecule has 12 rings (SSSR count). The van der Waals surface area contributed by atoms with E-state index in [0.29, 0.717) is 38.8 Å². The molecule has 10 aliphatic carbocycles. The number of fused-ring (bicyclic) bond motifs is 2. The fraction of sp³-hybridized carbons (Fsp3) is 0.436. The van der Waals surface area contributed by atoms with Crippen molar-refractivity contribution in [3.63, 3.8) is 0 Å². The zero-order valence-corrected chi connectivity index (χ0v) is 114. The van der Waals surface area contributed by atoms with Gasteiger partial charge in [0.25, 0.3) is 0 Å². The second-order valence-corrected chi connectivity index (χ2v) is 65.5. The van der Waals surface area contributed by atoms with E-state index >= 15 is 0 Å². The van der Waals surface area contributed by atoms with E-state index in [4.69, 9.17) is 17.0 Å². The average Bonchev–Trinajstić information content (AvgIpc) is 1.59. The summed E-state index contributed by atoms with van der Waals surface area (Å²) in [5.74, 6) is 0. The van der Waals surface area contributed by atoms with Gasteiger partial charge in [-0.3, -0.25) is 0 Å². The summed E-state index contributed by atoms with van der Waals surface area (Å²) < 4.78 is 0. The SMILES string of the molecule is CC1=CC([Si](C)(C)C2C(C)=C(C)C(C)=C2C)C=C1.CC1=CC([Si](C)(C)C2C(C)=C(C)C(C)=C2C)C=C1.CCCC1=CC([Si](C)(C)C2C(C)=C(C)C(C)=C2C)C=C1.CCCC1=CC([Si](C)(C)C2C(C)=C(C)C(C)=C2C)c2ccccc21.CCCC1=CC([Si](C)(C)C2C(C)=C(C)C(C)=C2C)c2ccccc21.[CH3-].[CH3-].[CH3-].[CH3-].[CH3-].[CH3-].[CH3-].[CH3-].[CH3-].[CH3-].[CH3-].[CH3-].[CH3-].[CH3-].[CH3-].[CH3-].[CH3-].[CH3-].[Cl][Zr+2][Cl].[Hf+4].[Zr+4].[Zr+4].[Zr+4]. The molecule has 12 heteroatoms. The maximum atomic E-state index is 4.93. The predicted molar refractivity (Wildman–Crippen MR) is 610 cm³/mol. The van der Waals surface area contributed by atoms with Crippen LogP contribution >= 0.6 is 17.0 Å². The van der Waals surface area contributed by atoms with Gasteiger partial charge in [-0.1, -0.05) is 293 Å². The third-order valence-electron chi connectivity index (χ3n) is 29.5. The normalized spacial score (nSPS) is 19.0. The van der Waals surface area contributed by atoms with Gasteiger partial charge < -0.3 is 134 Å². The first-order chi connectivity index (χ1) is 49.8. The quantitative estimate of drug-likeness (QED) is 0.116.